The highest BCUT2D eigenvalue weighted by Crippen LogP contribution is 2.19. The Kier molecular flexibility index (Phi) is 5.28. The molecule has 0 unspecified atom stereocenters. The predicted octanol–water partition coefficient (Wildman–Crippen LogP) is 1.88. The van der Waals surface area contributed by atoms with Gasteiger partial charge in [0.15, 0.2) is 5.13 Å². The van der Waals surface area contributed by atoms with E-state index >= 15 is 0 Å². The molecule has 2 amide bonds. The minimum absolute atomic E-state index is 0.0257. The van der Waals surface area contributed by atoms with Gasteiger partial charge in [-0.15, -0.1) is 11.3 Å². The normalized spacial score (nSPS) is 15.2. The summed E-state index contributed by atoms with van der Waals surface area (Å²) in [7, 11) is 0. The van der Waals surface area contributed by atoms with Crippen molar-refractivity contribution in [1.29, 1.82) is 0 Å². The monoisotopic (exact) mass is 360 g/mol. The molecule has 1 saturated heterocycles. The Bertz CT molecular complexity index is 821. The molecular weight excluding hydrogens is 340 g/mol. The smallest absolute Gasteiger partial charge is 0.263 e. The van der Waals surface area contributed by atoms with Crippen LogP contribution in [0.2, 0.25) is 0 Å². The SMILES string of the molecule is CC1CCN(C(=O)Cc2csc(NC(=O)c3ccc[nH]c3=O)n2)CC1. The number of aromatic nitrogens is 2. The number of pyridine rings is 1. The van der Waals surface area contributed by atoms with Gasteiger partial charge in [-0.3, -0.25) is 19.7 Å². The Balaban J connectivity index is 1.59. The second kappa shape index (κ2) is 7.60. The lowest BCUT2D eigenvalue weighted by Gasteiger charge is -2.30. The molecule has 3 heterocycles. The summed E-state index contributed by atoms with van der Waals surface area (Å²) in [6, 6.07) is 3.03. The summed E-state index contributed by atoms with van der Waals surface area (Å²) in [5.74, 6) is 0.222. The molecule has 2 N–H and O–H groups in total. The molecule has 2 aromatic rings. The molecule has 132 valence electrons. The van der Waals surface area contributed by atoms with E-state index in [0.29, 0.717) is 16.7 Å². The van der Waals surface area contributed by atoms with Crippen molar-refractivity contribution in [1.82, 2.24) is 14.9 Å². The number of nitrogens with one attached hydrogen (secondary N) is 2. The number of carbonyl (C=O) groups excluding carboxylic acids is 2. The molecule has 1 aliphatic heterocycles. The summed E-state index contributed by atoms with van der Waals surface area (Å²) in [4.78, 5) is 44.7. The highest BCUT2D eigenvalue weighted by molar-refractivity contribution is 7.14. The van der Waals surface area contributed by atoms with Gasteiger partial charge in [-0.05, 0) is 30.9 Å². The van der Waals surface area contributed by atoms with Crippen molar-refractivity contribution in [2.75, 3.05) is 18.4 Å². The van der Waals surface area contributed by atoms with Crippen LogP contribution >= 0.6 is 11.3 Å². The van der Waals surface area contributed by atoms with Crippen molar-refractivity contribution in [3.8, 4) is 0 Å². The Labute approximate surface area is 149 Å². The fraction of sp³-hybridized carbons (Fsp3) is 0.412. The van der Waals surface area contributed by atoms with E-state index < -0.39 is 11.5 Å². The number of hydrogen-bond acceptors (Lipinski definition) is 5. The van der Waals surface area contributed by atoms with E-state index in [2.05, 4.69) is 22.2 Å². The Morgan fingerprint density at radius 3 is 2.88 bits per heavy atom. The summed E-state index contributed by atoms with van der Waals surface area (Å²) in [6.07, 6.45) is 3.77. The predicted molar refractivity (Wildman–Crippen MR) is 95.8 cm³/mol. The highest BCUT2D eigenvalue weighted by atomic mass is 32.1. The van der Waals surface area contributed by atoms with Crippen molar-refractivity contribution in [2.24, 2.45) is 5.92 Å². The van der Waals surface area contributed by atoms with E-state index in [0.717, 1.165) is 25.9 Å². The Morgan fingerprint density at radius 1 is 1.40 bits per heavy atom. The number of piperidine rings is 1. The number of amides is 2. The first-order chi connectivity index (χ1) is 12.0. The highest BCUT2D eigenvalue weighted by Gasteiger charge is 2.21. The molecule has 3 rings (SSSR count). The zero-order valence-electron chi connectivity index (χ0n) is 13.9. The van der Waals surface area contributed by atoms with E-state index in [1.165, 1.54) is 23.6 Å². The van der Waals surface area contributed by atoms with E-state index in [1.807, 2.05) is 4.90 Å². The zero-order chi connectivity index (χ0) is 17.8. The average molecular weight is 360 g/mol. The van der Waals surface area contributed by atoms with Crippen LogP contribution in [0.4, 0.5) is 5.13 Å². The first-order valence-electron chi connectivity index (χ1n) is 8.24. The third-order valence-electron chi connectivity index (χ3n) is 4.30. The van der Waals surface area contributed by atoms with Gasteiger partial charge < -0.3 is 9.88 Å². The largest absolute Gasteiger partial charge is 0.342 e. The number of H-pyrrole nitrogens is 1. The molecule has 1 fully saturated rings. The van der Waals surface area contributed by atoms with Gasteiger partial charge in [-0.25, -0.2) is 4.98 Å². The van der Waals surface area contributed by atoms with E-state index in [1.54, 1.807) is 11.4 Å². The number of thiazole rings is 1. The first-order valence-corrected chi connectivity index (χ1v) is 9.12. The van der Waals surface area contributed by atoms with Gasteiger partial charge >= 0.3 is 0 Å². The maximum atomic E-state index is 12.3. The summed E-state index contributed by atoms with van der Waals surface area (Å²) < 4.78 is 0. The second-order valence-electron chi connectivity index (χ2n) is 6.25. The molecule has 0 aromatic carbocycles. The summed E-state index contributed by atoms with van der Waals surface area (Å²) >= 11 is 1.24. The zero-order valence-corrected chi connectivity index (χ0v) is 14.8. The number of hydrogen-bond donors (Lipinski definition) is 2. The molecule has 0 spiro atoms. The van der Waals surface area contributed by atoms with Crippen LogP contribution in [-0.2, 0) is 11.2 Å². The number of carbonyl (C=O) groups is 2. The maximum Gasteiger partial charge on any atom is 0.263 e. The van der Waals surface area contributed by atoms with Crippen LogP contribution in [0, 0.1) is 5.92 Å². The van der Waals surface area contributed by atoms with Crippen LogP contribution < -0.4 is 10.9 Å². The van der Waals surface area contributed by atoms with Gasteiger partial charge in [0, 0.05) is 24.7 Å². The Hall–Kier alpha value is -2.48. The summed E-state index contributed by atoms with van der Waals surface area (Å²) in [5.41, 5.74) is 0.204. The van der Waals surface area contributed by atoms with E-state index in [-0.39, 0.29) is 17.9 Å². The molecule has 7 nitrogen and oxygen atoms in total. The third-order valence-corrected chi connectivity index (χ3v) is 5.11. The molecule has 0 bridgehead atoms. The lowest BCUT2D eigenvalue weighted by atomic mass is 9.99. The van der Waals surface area contributed by atoms with Gasteiger partial charge in [0.1, 0.15) is 5.56 Å². The van der Waals surface area contributed by atoms with Gasteiger partial charge in [-0.1, -0.05) is 6.92 Å². The fourth-order valence-corrected chi connectivity index (χ4v) is 3.44. The van der Waals surface area contributed by atoms with E-state index in [4.69, 9.17) is 0 Å². The van der Waals surface area contributed by atoms with Crippen LogP contribution in [0.3, 0.4) is 0 Å². The van der Waals surface area contributed by atoms with Crippen molar-refractivity contribution in [3.05, 3.63) is 45.3 Å². The van der Waals surface area contributed by atoms with Crippen LogP contribution in [0.1, 0.15) is 35.8 Å². The molecule has 1 aliphatic rings. The van der Waals surface area contributed by atoms with Gasteiger partial charge in [0.2, 0.25) is 5.91 Å². The molecule has 8 heteroatoms. The fourth-order valence-electron chi connectivity index (χ4n) is 2.74. The average Bonchev–Trinajstić information content (AvgIpc) is 3.02. The molecule has 25 heavy (non-hydrogen) atoms. The standard InChI is InChI=1S/C17H20N4O3S/c1-11-4-7-21(8-5-11)14(22)9-12-10-25-17(19-12)20-16(24)13-3-2-6-18-15(13)23/h2-3,6,10-11H,4-5,7-9H2,1H3,(H,18,23)(H,19,20,24). The summed E-state index contributed by atoms with van der Waals surface area (Å²) in [6.45, 7) is 3.80. The molecule has 0 radical (unpaired) electrons. The van der Waals surface area contributed by atoms with Crippen LogP contribution in [0.25, 0.3) is 0 Å². The first kappa shape index (κ1) is 17.3. The third kappa shape index (κ3) is 4.33. The van der Waals surface area contributed by atoms with Crippen LogP contribution in [0.5, 0.6) is 0 Å². The molecular formula is C17H20N4O3S. The van der Waals surface area contributed by atoms with Crippen molar-refractivity contribution >= 4 is 28.3 Å². The van der Waals surface area contributed by atoms with Crippen molar-refractivity contribution in [3.63, 3.8) is 0 Å². The van der Waals surface area contributed by atoms with Crippen LogP contribution in [0.15, 0.2) is 28.5 Å². The molecule has 0 saturated carbocycles. The van der Waals surface area contributed by atoms with Gasteiger partial charge in [-0.2, -0.15) is 0 Å². The molecule has 0 aliphatic carbocycles. The van der Waals surface area contributed by atoms with Crippen LogP contribution in [-0.4, -0.2) is 39.8 Å². The lowest BCUT2D eigenvalue weighted by Crippen LogP contribution is -2.38. The number of aromatic amines is 1. The topological polar surface area (TPSA) is 95.2 Å². The minimum atomic E-state index is -0.515. The number of rotatable bonds is 4. The number of anilines is 1. The molecule has 0 atom stereocenters. The maximum absolute atomic E-state index is 12.3. The summed E-state index contributed by atoms with van der Waals surface area (Å²) in [5, 5.41) is 4.74. The second-order valence-corrected chi connectivity index (χ2v) is 7.11. The van der Waals surface area contributed by atoms with Crippen molar-refractivity contribution in [2.45, 2.75) is 26.2 Å². The number of nitrogens with zero attached hydrogens (tertiary/aromatic N) is 2. The Morgan fingerprint density at radius 2 is 2.16 bits per heavy atom. The van der Waals surface area contributed by atoms with Crippen molar-refractivity contribution < 1.29 is 9.59 Å². The van der Waals surface area contributed by atoms with Gasteiger partial charge in [0.05, 0.1) is 12.1 Å². The quantitative estimate of drug-likeness (QED) is 0.870. The molecule has 2 aromatic heterocycles. The number of likely N-dealkylation sites (tertiary alicyclic amines) is 1. The minimum Gasteiger partial charge on any atom is -0.342 e. The lowest BCUT2D eigenvalue weighted by molar-refractivity contribution is -0.131. The van der Waals surface area contributed by atoms with E-state index in [9.17, 15) is 14.4 Å². The van der Waals surface area contributed by atoms with Gasteiger partial charge in [0.25, 0.3) is 11.5 Å².